The fraction of sp³-hybridized carbons (Fsp3) is 0.600. The summed E-state index contributed by atoms with van der Waals surface area (Å²) in [5, 5.41) is 31.9. The van der Waals surface area contributed by atoms with Crippen molar-refractivity contribution >= 4 is 35.6 Å². The zero-order chi connectivity index (χ0) is 20.6. The van der Waals surface area contributed by atoms with Crippen molar-refractivity contribution in [2.75, 3.05) is 0 Å². The van der Waals surface area contributed by atoms with Crippen LogP contribution in [0, 0.1) is 39.9 Å². The summed E-state index contributed by atoms with van der Waals surface area (Å²) in [4.78, 5) is 61.5. The quantitative estimate of drug-likeness (QED) is 0.234. The Morgan fingerprint density at radius 1 is 0.607 bits per heavy atom. The van der Waals surface area contributed by atoms with Gasteiger partial charge in [-0.2, -0.15) is 0 Å². The van der Waals surface area contributed by atoms with Crippen molar-refractivity contribution < 1.29 is 84.0 Å². The SMILES string of the molecule is O=C1CCC(C(=O)O)N1.O=C1CCC(C(=O)O)N1.O=C1CCC(C(=O)O)N1.[Gd]. The van der Waals surface area contributed by atoms with Gasteiger partial charge in [-0.3, -0.25) is 14.4 Å². The fourth-order valence-corrected chi connectivity index (χ4v) is 2.40. The van der Waals surface area contributed by atoms with Crippen LogP contribution in [-0.2, 0) is 28.8 Å². The van der Waals surface area contributed by atoms with Crippen molar-refractivity contribution in [3.05, 3.63) is 0 Å². The first-order chi connectivity index (χ1) is 12.6. The summed E-state index contributed by atoms with van der Waals surface area (Å²) < 4.78 is 0. The van der Waals surface area contributed by atoms with Gasteiger partial charge in [0.25, 0.3) is 0 Å². The smallest absolute Gasteiger partial charge is 0.326 e. The predicted molar refractivity (Wildman–Crippen MR) is 86.4 cm³/mol. The molecule has 3 rings (SSSR count). The van der Waals surface area contributed by atoms with E-state index in [1.807, 2.05) is 0 Å². The molecule has 0 bridgehead atoms. The van der Waals surface area contributed by atoms with Crippen molar-refractivity contribution in [2.45, 2.75) is 56.7 Å². The molecule has 0 aromatic carbocycles. The van der Waals surface area contributed by atoms with Gasteiger partial charge in [0.1, 0.15) is 18.1 Å². The van der Waals surface area contributed by atoms with Crippen LogP contribution in [-0.4, -0.2) is 69.1 Å². The average molecular weight is 545 g/mol. The minimum absolute atomic E-state index is 0. The molecule has 0 radical (unpaired) electrons. The number of carboxylic acid groups (broad SMARTS) is 3. The number of nitrogens with one attached hydrogen (secondary N) is 3. The Morgan fingerprint density at radius 2 is 0.821 bits per heavy atom. The standard InChI is InChI=1S/3C5H7NO3.Gd/c3*7-4-2-1-3(6-4)5(8)9;/h3*3H,1-2H2,(H,6,7)(H,8,9);. The third-order valence-electron chi connectivity index (χ3n) is 3.88. The molecule has 0 aliphatic carbocycles. The Hall–Kier alpha value is -1.86. The Labute approximate surface area is 191 Å². The van der Waals surface area contributed by atoms with Crippen LogP contribution in [0.2, 0.25) is 0 Å². The van der Waals surface area contributed by atoms with Crippen LogP contribution in [0.3, 0.4) is 0 Å². The largest absolute Gasteiger partial charge is 0.480 e. The van der Waals surface area contributed by atoms with Gasteiger partial charge < -0.3 is 31.3 Å². The number of rotatable bonds is 3. The summed E-state index contributed by atoms with van der Waals surface area (Å²) in [6, 6.07) is -1.92. The van der Waals surface area contributed by atoms with Gasteiger partial charge in [-0.1, -0.05) is 0 Å². The maximum atomic E-state index is 10.4. The first-order valence-corrected chi connectivity index (χ1v) is 8.16. The second-order valence-corrected chi connectivity index (χ2v) is 5.99. The van der Waals surface area contributed by atoms with Crippen molar-refractivity contribution in [3.63, 3.8) is 0 Å². The molecule has 0 aromatic rings. The van der Waals surface area contributed by atoms with Crippen LogP contribution in [0.25, 0.3) is 0 Å². The van der Waals surface area contributed by atoms with E-state index in [4.69, 9.17) is 15.3 Å². The normalized spacial score (nSPS) is 24.9. The predicted octanol–water partition coefficient (Wildman–Crippen LogP) is -1.95. The minimum atomic E-state index is -0.944. The van der Waals surface area contributed by atoms with Crippen LogP contribution in [0.4, 0.5) is 0 Å². The topological polar surface area (TPSA) is 199 Å². The molecule has 0 saturated carbocycles. The van der Waals surface area contributed by atoms with Gasteiger partial charge in [-0.15, -0.1) is 0 Å². The van der Waals surface area contributed by atoms with E-state index in [1.54, 1.807) is 0 Å². The van der Waals surface area contributed by atoms with Gasteiger partial charge in [-0.25, -0.2) is 14.4 Å². The molecular weight excluding hydrogens is 523 g/mol. The van der Waals surface area contributed by atoms with Crippen molar-refractivity contribution in [3.8, 4) is 0 Å². The van der Waals surface area contributed by atoms with E-state index >= 15 is 0 Å². The molecule has 3 atom stereocenters. The third-order valence-corrected chi connectivity index (χ3v) is 3.88. The monoisotopic (exact) mass is 545 g/mol. The average Bonchev–Trinajstić information content (AvgIpc) is 3.30. The molecule has 3 heterocycles. The first-order valence-electron chi connectivity index (χ1n) is 8.16. The summed E-state index contributed by atoms with van der Waals surface area (Å²) in [7, 11) is 0. The van der Waals surface area contributed by atoms with E-state index in [-0.39, 0.29) is 57.7 Å². The van der Waals surface area contributed by atoms with Crippen molar-refractivity contribution in [1.29, 1.82) is 0 Å². The van der Waals surface area contributed by atoms with Crippen LogP contribution in [0.1, 0.15) is 38.5 Å². The number of amides is 3. The Bertz CT molecular complexity index is 555. The van der Waals surface area contributed by atoms with Crippen molar-refractivity contribution in [1.82, 2.24) is 16.0 Å². The zero-order valence-corrected chi connectivity index (χ0v) is 16.9. The summed E-state index contributed by atoms with van der Waals surface area (Å²) in [6.07, 6.45) is 2.31. The second kappa shape index (κ2) is 12.6. The maximum absolute atomic E-state index is 10.4. The van der Waals surface area contributed by atoms with E-state index < -0.39 is 36.0 Å². The van der Waals surface area contributed by atoms with Gasteiger partial charge in [0.05, 0.1) is 0 Å². The van der Waals surface area contributed by atoms with Gasteiger partial charge >= 0.3 is 17.9 Å². The minimum Gasteiger partial charge on any atom is -0.480 e. The number of aliphatic carboxylic acids is 3. The van der Waals surface area contributed by atoms with Gasteiger partial charge in [-0.05, 0) is 19.3 Å². The number of carboxylic acids is 3. The molecule has 13 heteroatoms. The molecule has 3 amide bonds. The first kappa shape index (κ1) is 26.1. The van der Waals surface area contributed by atoms with Crippen LogP contribution in [0.5, 0.6) is 0 Å². The summed E-state index contributed by atoms with van der Waals surface area (Å²) in [5.41, 5.74) is 0. The molecule has 6 N–H and O–H groups in total. The van der Waals surface area contributed by atoms with Gasteiger partial charge in [0.15, 0.2) is 0 Å². The molecule has 3 unspecified atom stereocenters. The molecule has 0 spiro atoms. The Kier molecular flexibility index (Phi) is 11.7. The molecule has 158 valence electrons. The number of carbonyl (C=O) groups excluding carboxylic acids is 3. The second-order valence-electron chi connectivity index (χ2n) is 5.99. The van der Waals surface area contributed by atoms with Crippen LogP contribution < -0.4 is 16.0 Å². The molecule has 3 saturated heterocycles. The Balaban J connectivity index is 0.000000384. The number of carbonyl (C=O) groups is 6. The van der Waals surface area contributed by atoms with E-state index in [1.165, 1.54) is 0 Å². The summed E-state index contributed by atoms with van der Waals surface area (Å²) >= 11 is 0. The molecule has 0 aromatic heterocycles. The molecule has 28 heavy (non-hydrogen) atoms. The maximum Gasteiger partial charge on any atom is 0.326 e. The van der Waals surface area contributed by atoms with Crippen LogP contribution in [0.15, 0.2) is 0 Å². The fourth-order valence-electron chi connectivity index (χ4n) is 2.40. The summed E-state index contributed by atoms with van der Waals surface area (Å²) in [6.45, 7) is 0. The molecule has 3 fully saturated rings. The molecular formula is C15H21GdN3O9. The summed E-state index contributed by atoms with van der Waals surface area (Å²) in [5.74, 6) is -3.32. The Morgan fingerprint density at radius 3 is 0.893 bits per heavy atom. The van der Waals surface area contributed by atoms with E-state index in [0.717, 1.165) is 0 Å². The van der Waals surface area contributed by atoms with Gasteiger partial charge in [0.2, 0.25) is 17.7 Å². The van der Waals surface area contributed by atoms with Crippen molar-refractivity contribution in [2.24, 2.45) is 0 Å². The number of hydrogen-bond donors (Lipinski definition) is 6. The molecule has 12 nitrogen and oxygen atoms in total. The van der Waals surface area contributed by atoms with Crippen LogP contribution >= 0.6 is 0 Å². The van der Waals surface area contributed by atoms with E-state index in [9.17, 15) is 28.8 Å². The van der Waals surface area contributed by atoms with E-state index in [2.05, 4.69) is 16.0 Å². The molecule has 3 aliphatic rings. The third kappa shape index (κ3) is 9.37. The van der Waals surface area contributed by atoms with Gasteiger partial charge in [0, 0.05) is 59.2 Å². The molecule has 3 aliphatic heterocycles. The van der Waals surface area contributed by atoms with E-state index in [0.29, 0.717) is 38.5 Å². The number of hydrogen-bond acceptors (Lipinski definition) is 6. The zero-order valence-electron chi connectivity index (χ0n) is 14.6.